The molecule has 1 amide bonds. The van der Waals surface area contributed by atoms with Crippen LogP contribution in [0.1, 0.15) is 16.2 Å². The average molecular weight is 332 g/mol. The molecule has 2 N–H and O–H groups in total. The minimum atomic E-state index is -0.305. The number of nitrogens with zero attached hydrogens (tertiary/aromatic N) is 1. The highest BCUT2D eigenvalue weighted by molar-refractivity contribution is 9.10. The van der Waals surface area contributed by atoms with Crippen LogP contribution < -0.4 is 5.43 Å². The van der Waals surface area contributed by atoms with Gasteiger partial charge in [-0.05, 0) is 36.4 Å². The summed E-state index contributed by atoms with van der Waals surface area (Å²) in [6.45, 7) is 0. The van der Waals surface area contributed by atoms with Crippen LogP contribution >= 0.6 is 15.9 Å². The standard InChI is InChI=1S/C14H10BrN3O2/c15-10-3-4-12-9(6-10)7-13(17-12)14(19)18-16-8-11-2-1-5-20-11/h1-8,17H,(H,18,19). The Hall–Kier alpha value is -2.34. The Morgan fingerprint density at radius 1 is 1.35 bits per heavy atom. The first kappa shape index (κ1) is 12.7. The van der Waals surface area contributed by atoms with Crippen LogP contribution in [-0.4, -0.2) is 17.1 Å². The lowest BCUT2D eigenvalue weighted by molar-refractivity contribution is 0.0951. The Kier molecular flexibility index (Phi) is 3.39. The van der Waals surface area contributed by atoms with Gasteiger partial charge in [0.1, 0.15) is 11.5 Å². The summed E-state index contributed by atoms with van der Waals surface area (Å²) in [4.78, 5) is 15.0. The van der Waals surface area contributed by atoms with Gasteiger partial charge in [0.2, 0.25) is 0 Å². The van der Waals surface area contributed by atoms with Gasteiger partial charge in [-0.3, -0.25) is 4.79 Å². The number of carbonyl (C=O) groups is 1. The van der Waals surface area contributed by atoms with E-state index in [2.05, 4.69) is 31.4 Å². The normalized spacial score (nSPS) is 11.2. The van der Waals surface area contributed by atoms with E-state index in [-0.39, 0.29) is 5.91 Å². The number of fused-ring (bicyclic) bond motifs is 1. The molecule has 2 aromatic heterocycles. The minimum Gasteiger partial charge on any atom is -0.463 e. The van der Waals surface area contributed by atoms with Crippen molar-refractivity contribution < 1.29 is 9.21 Å². The maximum absolute atomic E-state index is 11.9. The van der Waals surface area contributed by atoms with Gasteiger partial charge in [0.25, 0.3) is 5.91 Å². The van der Waals surface area contributed by atoms with E-state index in [0.29, 0.717) is 11.5 Å². The Morgan fingerprint density at radius 2 is 2.25 bits per heavy atom. The third-order valence-electron chi connectivity index (χ3n) is 2.73. The zero-order chi connectivity index (χ0) is 13.9. The van der Waals surface area contributed by atoms with E-state index < -0.39 is 0 Å². The molecular formula is C14H10BrN3O2. The monoisotopic (exact) mass is 331 g/mol. The van der Waals surface area contributed by atoms with Gasteiger partial charge in [-0.15, -0.1) is 0 Å². The molecule has 0 spiro atoms. The van der Waals surface area contributed by atoms with Crippen LogP contribution in [0.4, 0.5) is 0 Å². The molecule has 0 saturated carbocycles. The zero-order valence-corrected chi connectivity index (χ0v) is 11.8. The van der Waals surface area contributed by atoms with E-state index >= 15 is 0 Å². The second-order valence-electron chi connectivity index (χ2n) is 4.13. The van der Waals surface area contributed by atoms with Crippen LogP contribution in [0.25, 0.3) is 10.9 Å². The van der Waals surface area contributed by atoms with Crippen molar-refractivity contribution >= 4 is 39.0 Å². The molecular weight excluding hydrogens is 322 g/mol. The SMILES string of the molecule is O=C(NN=Cc1ccco1)c1cc2cc(Br)ccc2[nH]1. The maximum atomic E-state index is 11.9. The number of hydrazone groups is 1. The average Bonchev–Trinajstić information content (AvgIpc) is 3.06. The molecule has 0 unspecified atom stereocenters. The topological polar surface area (TPSA) is 70.4 Å². The lowest BCUT2D eigenvalue weighted by atomic mass is 10.2. The number of hydrogen-bond acceptors (Lipinski definition) is 3. The second kappa shape index (κ2) is 5.34. The van der Waals surface area contributed by atoms with E-state index in [9.17, 15) is 4.79 Å². The first-order chi connectivity index (χ1) is 9.72. The fourth-order valence-electron chi connectivity index (χ4n) is 1.81. The van der Waals surface area contributed by atoms with Gasteiger partial charge in [-0.1, -0.05) is 15.9 Å². The summed E-state index contributed by atoms with van der Waals surface area (Å²) in [5.74, 6) is 0.269. The molecule has 6 heteroatoms. The lowest BCUT2D eigenvalue weighted by Gasteiger charge is -1.94. The van der Waals surface area contributed by atoms with Gasteiger partial charge < -0.3 is 9.40 Å². The molecule has 5 nitrogen and oxygen atoms in total. The molecule has 3 rings (SSSR count). The molecule has 3 aromatic rings. The van der Waals surface area contributed by atoms with Crippen molar-refractivity contribution in [3.8, 4) is 0 Å². The quantitative estimate of drug-likeness (QED) is 0.571. The number of halogens is 1. The predicted octanol–water partition coefficient (Wildman–Crippen LogP) is 3.29. The van der Waals surface area contributed by atoms with Crippen LogP contribution in [0.2, 0.25) is 0 Å². The predicted molar refractivity (Wildman–Crippen MR) is 79.8 cm³/mol. The summed E-state index contributed by atoms with van der Waals surface area (Å²) in [5, 5.41) is 4.79. The number of H-pyrrole nitrogens is 1. The summed E-state index contributed by atoms with van der Waals surface area (Å²) >= 11 is 3.39. The number of benzene rings is 1. The summed E-state index contributed by atoms with van der Waals surface area (Å²) in [6.07, 6.45) is 2.98. The van der Waals surface area contributed by atoms with E-state index in [1.165, 1.54) is 6.21 Å². The first-order valence-corrected chi connectivity index (χ1v) is 6.67. The number of hydrogen-bond donors (Lipinski definition) is 2. The number of aromatic amines is 1. The summed E-state index contributed by atoms with van der Waals surface area (Å²) < 4.78 is 6.03. The van der Waals surface area contributed by atoms with Crippen molar-refractivity contribution in [2.75, 3.05) is 0 Å². The van der Waals surface area contributed by atoms with Crippen LogP contribution in [0, 0.1) is 0 Å². The van der Waals surface area contributed by atoms with Crippen LogP contribution in [0.15, 0.2) is 56.7 Å². The third kappa shape index (κ3) is 2.65. The lowest BCUT2D eigenvalue weighted by Crippen LogP contribution is -2.17. The number of rotatable bonds is 3. The van der Waals surface area contributed by atoms with Crippen molar-refractivity contribution in [2.45, 2.75) is 0 Å². The highest BCUT2D eigenvalue weighted by Crippen LogP contribution is 2.20. The molecule has 0 aliphatic heterocycles. The largest absolute Gasteiger partial charge is 0.463 e. The molecule has 0 radical (unpaired) electrons. The molecule has 0 atom stereocenters. The second-order valence-corrected chi connectivity index (χ2v) is 5.04. The molecule has 0 saturated heterocycles. The first-order valence-electron chi connectivity index (χ1n) is 5.87. The molecule has 0 fully saturated rings. The van der Waals surface area contributed by atoms with Gasteiger partial charge in [0.15, 0.2) is 0 Å². The Morgan fingerprint density at radius 3 is 3.05 bits per heavy atom. The van der Waals surface area contributed by atoms with Gasteiger partial charge >= 0.3 is 0 Å². The van der Waals surface area contributed by atoms with Crippen molar-refractivity contribution in [3.05, 3.63) is 58.6 Å². The molecule has 2 heterocycles. The van der Waals surface area contributed by atoms with Crippen molar-refractivity contribution in [1.29, 1.82) is 0 Å². The molecule has 0 aliphatic rings. The van der Waals surface area contributed by atoms with Gasteiger partial charge in [0.05, 0.1) is 12.5 Å². The Balaban J connectivity index is 1.75. The zero-order valence-electron chi connectivity index (χ0n) is 10.3. The Bertz CT molecular complexity index is 775. The summed E-state index contributed by atoms with van der Waals surface area (Å²) in [5.41, 5.74) is 3.79. The number of nitrogens with one attached hydrogen (secondary N) is 2. The van der Waals surface area contributed by atoms with E-state index in [1.54, 1.807) is 24.5 Å². The van der Waals surface area contributed by atoms with Crippen LogP contribution in [0.5, 0.6) is 0 Å². The van der Waals surface area contributed by atoms with Crippen molar-refractivity contribution in [3.63, 3.8) is 0 Å². The van der Waals surface area contributed by atoms with Gasteiger partial charge in [0, 0.05) is 15.4 Å². The highest BCUT2D eigenvalue weighted by atomic mass is 79.9. The molecule has 0 aliphatic carbocycles. The third-order valence-corrected chi connectivity index (χ3v) is 3.22. The number of furan rings is 1. The van der Waals surface area contributed by atoms with Gasteiger partial charge in [-0.25, -0.2) is 5.43 Å². The van der Waals surface area contributed by atoms with Gasteiger partial charge in [-0.2, -0.15) is 5.10 Å². The number of amides is 1. The number of carbonyl (C=O) groups excluding carboxylic acids is 1. The maximum Gasteiger partial charge on any atom is 0.287 e. The Labute approximate surface area is 122 Å². The van der Waals surface area contributed by atoms with Crippen LogP contribution in [-0.2, 0) is 0 Å². The number of aromatic nitrogens is 1. The van der Waals surface area contributed by atoms with Crippen LogP contribution in [0.3, 0.4) is 0 Å². The van der Waals surface area contributed by atoms with E-state index in [4.69, 9.17) is 4.42 Å². The van der Waals surface area contributed by atoms with Crippen molar-refractivity contribution in [2.24, 2.45) is 5.10 Å². The summed E-state index contributed by atoms with van der Waals surface area (Å²) in [7, 11) is 0. The van der Waals surface area contributed by atoms with Crippen molar-refractivity contribution in [1.82, 2.24) is 10.4 Å². The smallest absolute Gasteiger partial charge is 0.287 e. The molecule has 20 heavy (non-hydrogen) atoms. The fourth-order valence-corrected chi connectivity index (χ4v) is 2.18. The highest BCUT2D eigenvalue weighted by Gasteiger charge is 2.08. The molecule has 1 aromatic carbocycles. The summed E-state index contributed by atoms with van der Waals surface area (Å²) in [6, 6.07) is 11.0. The minimum absolute atomic E-state index is 0.305. The van der Waals surface area contributed by atoms with E-state index in [1.807, 2.05) is 18.2 Å². The van der Waals surface area contributed by atoms with E-state index in [0.717, 1.165) is 15.4 Å². The fraction of sp³-hybridized carbons (Fsp3) is 0. The molecule has 0 bridgehead atoms. The molecule has 100 valence electrons.